The minimum Gasteiger partial charge on any atom is -0.291 e. The van der Waals surface area contributed by atoms with E-state index in [0.29, 0.717) is 5.92 Å². The van der Waals surface area contributed by atoms with Crippen LogP contribution < -0.4 is 0 Å². The molecule has 0 unspecified atom stereocenters. The molecule has 16 heavy (non-hydrogen) atoms. The third kappa shape index (κ3) is 2.35. The largest absolute Gasteiger partial charge is 0.291 e. The van der Waals surface area contributed by atoms with Crippen LogP contribution in [0.5, 0.6) is 0 Å². The number of nitrogens with zero attached hydrogens (tertiary/aromatic N) is 2. The molecule has 0 aliphatic carbocycles. The summed E-state index contributed by atoms with van der Waals surface area (Å²) in [6, 6.07) is 10.3. The Kier molecular flexibility index (Phi) is 3.44. The molecule has 0 saturated carbocycles. The fourth-order valence-electron chi connectivity index (χ4n) is 1.73. The first-order valence-corrected chi connectivity index (χ1v) is 6.25. The second-order valence-corrected chi connectivity index (χ2v) is 5.08. The number of aromatic nitrogens is 2. The van der Waals surface area contributed by atoms with Gasteiger partial charge in [-0.25, -0.2) is 4.98 Å². The summed E-state index contributed by atoms with van der Waals surface area (Å²) < 4.78 is 3.16. The van der Waals surface area contributed by atoms with Crippen LogP contribution in [-0.2, 0) is 6.42 Å². The van der Waals surface area contributed by atoms with Gasteiger partial charge in [0.1, 0.15) is 10.4 Å². The van der Waals surface area contributed by atoms with E-state index in [2.05, 4.69) is 51.5 Å². The molecule has 0 N–H and O–H groups in total. The standard InChI is InChI=1S/C13H15BrN2/c1-10(2)8-13-15-9-12(14)16(13)11-6-4-3-5-7-11/h3-7,9-10H,8H2,1-2H3. The van der Waals surface area contributed by atoms with E-state index < -0.39 is 0 Å². The van der Waals surface area contributed by atoms with Crippen molar-refractivity contribution in [2.45, 2.75) is 20.3 Å². The van der Waals surface area contributed by atoms with Gasteiger partial charge in [-0.3, -0.25) is 4.57 Å². The van der Waals surface area contributed by atoms with Crippen molar-refractivity contribution in [1.29, 1.82) is 0 Å². The number of hydrogen-bond acceptors (Lipinski definition) is 1. The summed E-state index contributed by atoms with van der Waals surface area (Å²) in [4.78, 5) is 4.45. The van der Waals surface area contributed by atoms with Gasteiger partial charge in [-0.1, -0.05) is 32.0 Å². The molecule has 0 aliphatic rings. The van der Waals surface area contributed by atoms with Crippen LogP contribution in [0.15, 0.2) is 41.1 Å². The molecule has 0 aliphatic heterocycles. The Balaban J connectivity index is 2.43. The zero-order chi connectivity index (χ0) is 11.5. The van der Waals surface area contributed by atoms with Gasteiger partial charge >= 0.3 is 0 Å². The second-order valence-electron chi connectivity index (χ2n) is 4.27. The van der Waals surface area contributed by atoms with E-state index in [0.717, 1.165) is 22.5 Å². The maximum absolute atomic E-state index is 4.45. The Hall–Kier alpha value is -1.09. The van der Waals surface area contributed by atoms with Gasteiger partial charge in [-0.15, -0.1) is 0 Å². The number of benzene rings is 1. The molecule has 2 nitrogen and oxygen atoms in total. The molecule has 1 heterocycles. The molecule has 0 bridgehead atoms. The summed E-state index contributed by atoms with van der Waals surface area (Å²) in [6.45, 7) is 4.41. The number of halogens is 1. The molecule has 1 aromatic carbocycles. The van der Waals surface area contributed by atoms with E-state index >= 15 is 0 Å². The Labute approximate surface area is 104 Å². The molecule has 0 atom stereocenters. The Bertz CT molecular complexity index is 460. The molecule has 84 valence electrons. The van der Waals surface area contributed by atoms with Gasteiger partial charge in [0.25, 0.3) is 0 Å². The maximum Gasteiger partial charge on any atom is 0.114 e. The zero-order valence-electron chi connectivity index (χ0n) is 9.52. The van der Waals surface area contributed by atoms with Gasteiger partial charge in [-0.05, 0) is 34.0 Å². The lowest BCUT2D eigenvalue weighted by molar-refractivity contribution is 0.613. The van der Waals surface area contributed by atoms with Crippen molar-refractivity contribution in [3.63, 3.8) is 0 Å². The smallest absolute Gasteiger partial charge is 0.114 e. The van der Waals surface area contributed by atoms with Crippen LogP contribution in [0.4, 0.5) is 0 Å². The lowest BCUT2D eigenvalue weighted by Gasteiger charge is -2.10. The molecule has 0 saturated heterocycles. The zero-order valence-corrected chi connectivity index (χ0v) is 11.1. The summed E-state index contributed by atoms with van der Waals surface area (Å²) in [5.74, 6) is 1.71. The Morgan fingerprint density at radius 2 is 1.94 bits per heavy atom. The minimum atomic E-state index is 0.608. The van der Waals surface area contributed by atoms with Crippen LogP contribution in [0, 0.1) is 5.92 Å². The van der Waals surface area contributed by atoms with Gasteiger partial charge in [0.2, 0.25) is 0 Å². The first-order valence-electron chi connectivity index (χ1n) is 5.46. The molecule has 0 fully saturated rings. The highest BCUT2D eigenvalue weighted by Crippen LogP contribution is 2.21. The first kappa shape index (κ1) is 11.4. The van der Waals surface area contributed by atoms with E-state index in [9.17, 15) is 0 Å². The third-order valence-electron chi connectivity index (χ3n) is 2.40. The van der Waals surface area contributed by atoms with Crippen molar-refractivity contribution in [2.75, 3.05) is 0 Å². The van der Waals surface area contributed by atoms with Crippen molar-refractivity contribution in [1.82, 2.24) is 9.55 Å². The molecule has 0 amide bonds. The quantitative estimate of drug-likeness (QED) is 0.834. The van der Waals surface area contributed by atoms with Crippen molar-refractivity contribution in [2.24, 2.45) is 5.92 Å². The maximum atomic E-state index is 4.45. The number of para-hydroxylation sites is 1. The number of imidazole rings is 1. The predicted octanol–water partition coefficient (Wildman–Crippen LogP) is 3.83. The van der Waals surface area contributed by atoms with Crippen molar-refractivity contribution in [3.05, 3.63) is 47.0 Å². The molecule has 0 spiro atoms. The number of rotatable bonds is 3. The second kappa shape index (κ2) is 4.83. The summed E-state index contributed by atoms with van der Waals surface area (Å²) in [6.07, 6.45) is 2.85. The highest BCUT2D eigenvalue weighted by molar-refractivity contribution is 9.10. The summed E-state index contributed by atoms with van der Waals surface area (Å²) in [5, 5.41) is 0. The Morgan fingerprint density at radius 3 is 2.56 bits per heavy atom. The predicted molar refractivity (Wildman–Crippen MR) is 69.8 cm³/mol. The fraction of sp³-hybridized carbons (Fsp3) is 0.308. The van der Waals surface area contributed by atoms with E-state index in [1.165, 1.54) is 0 Å². The van der Waals surface area contributed by atoms with Crippen LogP contribution in [0.1, 0.15) is 19.7 Å². The molecule has 1 aromatic heterocycles. The average molecular weight is 279 g/mol. The molecular formula is C13H15BrN2. The average Bonchev–Trinajstić information content (AvgIpc) is 2.60. The first-order chi connectivity index (χ1) is 7.68. The van der Waals surface area contributed by atoms with E-state index in [-0.39, 0.29) is 0 Å². The summed E-state index contributed by atoms with van der Waals surface area (Å²) in [5.41, 5.74) is 1.16. The van der Waals surface area contributed by atoms with Gasteiger partial charge < -0.3 is 0 Å². The normalized spacial score (nSPS) is 11.0. The van der Waals surface area contributed by atoms with Crippen molar-refractivity contribution < 1.29 is 0 Å². The highest BCUT2D eigenvalue weighted by Gasteiger charge is 2.10. The van der Waals surface area contributed by atoms with E-state index in [1.54, 1.807) is 0 Å². The van der Waals surface area contributed by atoms with Crippen LogP contribution >= 0.6 is 15.9 Å². The fourth-order valence-corrected chi connectivity index (χ4v) is 2.24. The highest BCUT2D eigenvalue weighted by atomic mass is 79.9. The van der Waals surface area contributed by atoms with E-state index in [1.807, 2.05) is 24.4 Å². The Morgan fingerprint density at radius 1 is 1.25 bits per heavy atom. The van der Waals surface area contributed by atoms with Crippen LogP contribution in [0.25, 0.3) is 5.69 Å². The van der Waals surface area contributed by atoms with Crippen molar-refractivity contribution >= 4 is 15.9 Å². The van der Waals surface area contributed by atoms with Crippen LogP contribution in [-0.4, -0.2) is 9.55 Å². The minimum absolute atomic E-state index is 0.608. The summed E-state index contributed by atoms with van der Waals surface area (Å²) >= 11 is 3.54. The topological polar surface area (TPSA) is 17.8 Å². The molecule has 2 aromatic rings. The third-order valence-corrected chi connectivity index (χ3v) is 2.96. The molecule has 0 radical (unpaired) electrons. The van der Waals surface area contributed by atoms with Gasteiger partial charge in [0.05, 0.1) is 6.20 Å². The monoisotopic (exact) mass is 278 g/mol. The molecular weight excluding hydrogens is 264 g/mol. The van der Waals surface area contributed by atoms with E-state index in [4.69, 9.17) is 0 Å². The van der Waals surface area contributed by atoms with Gasteiger partial charge in [0, 0.05) is 12.1 Å². The van der Waals surface area contributed by atoms with Gasteiger partial charge in [-0.2, -0.15) is 0 Å². The van der Waals surface area contributed by atoms with Crippen LogP contribution in [0.2, 0.25) is 0 Å². The summed E-state index contributed by atoms with van der Waals surface area (Å²) in [7, 11) is 0. The lowest BCUT2D eigenvalue weighted by Crippen LogP contribution is -2.05. The molecule has 3 heteroatoms. The number of hydrogen-bond donors (Lipinski definition) is 0. The lowest BCUT2D eigenvalue weighted by atomic mass is 10.1. The molecule has 2 rings (SSSR count). The SMILES string of the molecule is CC(C)Cc1ncc(Br)n1-c1ccccc1. The van der Waals surface area contributed by atoms with Crippen LogP contribution in [0.3, 0.4) is 0 Å². The van der Waals surface area contributed by atoms with Gasteiger partial charge in [0.15, 0.2) is 0 Å². The van der Waals surface area contributed by atoms with Crippen molar-refractivity contribution in [3.8, 4) is 5.69 Å².